The van der Waals surface area contributed by atoms with Gasteiger partial charge in [-0.3, -0.25) is 4.90 Å². The first kappa shape index (κ1) is 15.4. The third-order valence-electron chi connectivity index (χ3n) is 7.18. The van der Waals surface area contributed by atoms with E-state index in [4.69, 9.17) is 0 Å². The third-order valence-corrected chi connectivity index (χ3v) is 7.18. The summed E-state index contributed by atoms with van der Waals surface area (Å²) in [6, 6.07) is 9.01. The maximum atomic E-state index is 12.2. The van der Waals surface area contributed by atoms with E-state index in [1.165, 1.54) is 27.7 Å². The minimum absolute atomic E-state index is 0.0630. The van der Waals surface area contributed by atoms with Gasteiger partial charge < -0.3 is 14.5 Å². The number of fused-ring (bicyclic) bond motifs is 4. The summed E-state index contributed by atoms with van der Waals surface area (Å²) < 4.78 is 2.35. The highest BCUT2D eigenvalue weighted by atomic mass is 16.3. The minimum Gasteiger partial charge on any atom is -0.395 e. The van der Waals surface area contributed by atoms with Gasteiger partial charge in [0.2, 0.25) is 0 Å². The molecule has 1 aromatic carbocycles. The average Bonchev–Trinajstić information content (AvgIpc) is 2.95. The fourth-order valence-electron chi connectivity index (χ4n) is 5.98. The summed E-state index contributed by atoms with van der Waals surface area (Å²) in [5.41, 5.74) is 4.71. The number of benzene rings is 1. The van der Waals surface area contributed by atoms with E-state index >= 15 is 0 Å². The summed E-state index contributed by atoms with van der Waals surface area (Å²) >= 11 is 0. The molecule has 0 aliphatic carbocycles. The van der Waals surface area contributed by atoms with Gasteiger partial charge in [0.25, 0.3) is 0 Å². The zero-order chi connectivity index (χ0) is 17.3. The van der Waals surface area contributed by atoms with E-state index in [-0.39, 0.29) is 18.6 Å². The molecule has 1 aromatic heterocycles. The highest BCUT2D eigenvalue weighted by Crippen LogP contribution is 2.58. The molecule has 25 heavy (non-hydrogen) atoms. The number of aliphatic hydroxyl groups excluding tert-OH is 1. The number of nitrogens with zero attached hydrogens (tertiary/aromatic N) is 2. The molecular formula is C21H24N2O2. The van der Waals surface area contributed by atoms with Crippen LogP contribution in [-0.4, -0.2) is 40.1 Å². The van der Waals surface area contributed by atoms with Gasteiger partial charge in [-0.05, 0) is 37.3 Å². The van der Waals surface area contributed by atoms with Crippen LogP contribution in [0.15, 0.2) is 35.9 Å². The lowest BCUT2D eigenvalue weighted by atomic mass is 9.56. The first-order chi connectivity index (χ1) is 12.2. The second kappa shape index (κ2) is 5.05. The number of piperidine rings is 3. The largest absolute Gasteiger partial charge is 0.395 e. The molecule has 130 valence electrons. The quantitative estimate of drug-likeness (QED) is 0.677. The van der Waals surface area contributed by atoms with Crippen molar-refractivity contribution >= 4 is 17.2 Å². The van der Waals surface area contributed by atoms with Crippen molar-refractivity contribution in [3.8, 4) is 0 Å². The zero-order valence-electron chi connectivity index (χ0n) is 14.8. The first-order valence-corrected chi connectivity index (χ1v) is 9.20. The van der Waals surface area contributed by atoms with Gasteiger partial charge in [-0.2, -0.15) is 0 Å². The Labute approximate surface area is 147 Å². The fraction of sp³-hybridized carbons (Fsp3) is 0.476. The number of hydrogen-bond acceptors (Lipinski definition) is 3. The van der Waals surface area contributed by atoms with Crippen LogP contribution in [0.4, 0.5) is 0 Å². The molecular weight excluding hydrogens is 312 g/mol. The molecule has 4 heteroatoms. The Morgan fingerprint density at radius 2 is 2.16 bits per heavy atom. The number of para-hydroxylation sites is 1. The molecule has 1 N–H and O–H groups in total. The smallest absolute Gasteiger partial charge is 0.130 e. The maximum absolute atomic E-state index is 12.2. The molecule has 4 aliphatic heterocycles. The van der Waals surface area contributed by atoms with Gasteiger partial charge in [0, 0.05) is 36.2 Å². The van der Waals surface area contributed by atoms with Gasteiger partial charge in [-0.1, -0.05) is 29.8 Å². The van der Waals surface area contributed by atoms with Gasteiger partial charge in [0.1, 0.15) is 6.29 Å². The van der Waals surface area contributed by atoms with E-state index < -0.39 is 5.41 Å². The van der Waals surface area contributed by atoms with Crippen molar-refractivity contribution in [1.82, 2.24) is 9.47 Å². The van der Waals surface area contributed by atoms with Crippen LogP contribution in [0.25, 0.3) is 10.9 Å². The van der Waals surface area contributed by atoms with Crippen LogP contribution >= 0.6 is 0 Å². The van der Waals surface area contributed by atoms with Crippen LogP contribution in [0.3, 0.4) is 0 Å². The SMILES string of the molecule is C/C=C1/CN2[C@H]3Cc4c(n(C)c5ccccc45)[C@@H]2C[C@@H]1[C@@]3(C=O)CO. The van der Waals surface area contributed by atoms with Gasteiger partial charge in [-0.25, -0.2) is 0 Å². The molecule has 5 heterocycles. The van der Waals surface area contributed by atoms with Crippen LogP contribution in [0.5, 0.6) is 0 Å². The second-order valence-corrected chi connectivity index (χ2v) is 7.89. The molecule has 0 saturated carbocycles. The number of aliphatic hydroxyl groups is 1. The molecule has 6 rings (SSSR count). The van der Waals surface area contributed by atoms with Crippen molar-refractivity contribution in [3.63, 3.8) is 0 Å². The number of aldehydes is 1. The number of aromatic nitrogens is 1. The predicted molar refractivity (Wildman–Crippen MR) is 97.3 cm³/mol. The highest BCUT2D eigenvalue weighted by Gasteiger charge is 2.61. The van der Waals surface area contributed by atoms with Crippen molar-refractivity contribution in [2.24, 2.45) is 18.4 Å². The van der Waals surface area contributed by atoms with Crippen LogP contribution < -0.4 is 0 Å². The standard InChI is InChI=1S/C21H24N2O2/c1-3-13-10-23-18-9-16(13)21(11-24,12-25)19(23)8-15-14-6-4-5-7-17(14)22(2)20(15)18/h3-7,11,16,18-19,25H,8-10,12H2,1-2H3/b13-3-/t16-,18-,19-,21+/m0/s1. The van der Waals surface area contributed by atoms with E-state index in [9.17, 15) is 9.90 Å². The van der Waals surface area contributed by atoms with Gasteiger partial charge >= 0.3 is 0 Å². The molecule has 2 aromatic rings. The lowest BCUT2D eigenvalue weighted by Gasteiger charge is -2.62. The Bertz CT molecular complexity index is 912. The number of aryl methyl sites for hydroxylation is 1. The predicted octanol–water partition coefficient (Wildman–Crippen LogP) is 2.60. The number of allylic oxidation sites excluding steroid dienone is 1. The molecule has 4 aliphatic rings. The van der Waals surface area contributed by atoms with Crippen molar-refractivity contribution in [1.29, 1.82) is 0 Å². The monoisotopic (exact) mass is 336 g/mol. The molecule has 5 atom stereocenters. The molecule has 3 saturated heterocycles. The van der Waals surface area contributed by atoms with E-state index in [0.717, 1.165) is 25.7 Å². The maximum Gasteiger partial charge on any atom is 0.130 e. The lowest BCUT2D eigenvalue weighted by molar-refractivity contribution is -0.147. The van der Waals surface area contributed by atoms with Crippen LogP contribution in [-0.2, 0) is 18.3 Å². The third kappa shape index (κ3) is 1.67. The molecule has 0 amide bonds. The van der Waals surface area contributed by atoms with E-state index in [1.54, 1.807) is 0 Å². The van der Waals surface area contributed by atoms with Crippen molar-refractivity contribution in [2.45, 2.75) is 31.8 Å². The number of rotatable bonds is 2. The van der Waals surface area contributed by atoms with Gasteiger partial charge in [-0.15, -0.1) is 0 Å². The Morgan fingerprint density at radius 1 is 1.36 bits per heavy atom. The summed E-state index contributed by atoms with van der Waals surface area (Å²) in [6.07, 6.45) is 4.99. The Balaban J connectivity index is 1.77. The summed E-state index contributed by atoms with van der Waals surface area (Å²) in [6.45, 7) is 2.92. The normalized spacial score (nSPS) is 37.5. The number of carbonyl (C=O) groups excluding carboxylic acids is 1. The topological polar surface area (TPSA) is 45.5 Å². The van der Waals surface area contributed by atoms with Crippen molar-refractivity contribution < 1.29 is 9.90 Å². The number of carbonyl (C=O) groups is 1. The van der Waals surface area contributed by atoms with Gasteiger partial charge in [0.15, 0.2) is 0 Å². The summed E-state index contributed by atoms with van der Waals surface area (Å²) in [5, 5.41) is 11.6. The zero-order valence-corrected chi connectivity index (χ0v) is 14.8. The summed E-state index contributed by atoms with van der Waals surface area (Å²) in [4.78, 5) is 14.7. The molecule has 3 fully saturated rings. The summed E-state index contributed by atoms with van der Waals surface area (Å²) in [5.74, 6) is 0.158. The second-order valence-electron chi connectivity index (χ2n) is 7.89. The van der Waals surface area contributed by atoms with E-state index in [2.05, 4.69) is 53.8 Å². The molecule has 4 nitrogen and oxygen atoms in total. The summed E-state index contributed by atoms with van der Waals surface area (Å²) in [7, 11) is 2.17. The number of hydrogen-bond donors (Lipinski definition) is 1. The first-order valence-electron chi connectivity index (χ1n) is 9.20. The molecule has 1 unspecified atom stereocenters. The van der Waals surface area contributed by atoms with Gasteiger partial charge in [0.05, 0.1) is 18.1 Å². The molecule has 4 bridgehead atoms. The molecule has 0 spiro atoms. The highest BCUT2D eigenvalue weighted by molar-refractivity contribution is 5.86. The Kier molecular flexibility index (Phi) is 3.10. The van der Waals surface area contributed by atoms with Crippen LogP contribution in [0.2, 0.25) is 0 Å². The van der Waals surface area contributed by atoms with E-state index in [0.29, 0.717) is 6.04 Å². The van der Waals surface area contributed by atoms with Crippen LogP contribution in [0.1, 0.15) is 30.6 Å². The molecule has 0 radical (unpaired) electrons. The van der Waals surface area contributed by atoms with Crippen LogP contribution in [0, 0.1) is 11.3 Å². The average molecular weight is 336 g/mol. The minimum atomic E-state index is -0.661. The Morgan fingerprint density at radius 3 is 2.88 bits per heavy atom. The Hall–Kier alpha value is -1.91. The fourth-order valence-corrected chi connectivity index (χ4v) is 5.98. The van der Waals surface area contributed by atoms with Crippen molar-refractivity contribution in [3.05, 3.63) is 47.2 Å². The van der Waals surface area contributed by atoms with Crippen molar-refractivity contribution in [2.75, 3.05) is 13.2 Å². The van der Waals surface area contributed by atoms with E-state index in [1.807, 2.05) is 0 Å². The lowest BCUT2D eigenvalue weighted by Crippen LogP contribution is -2.67.